The molecule has 2 rings (SSSR count). The fourth-order valence-corrected chi connectivity index (χ4v) is 2.48. The Labute approximate surface area is 103 Å². The summed E-state index contributed by atoms with van der Waals surface area (Å²) in [6.07, 6.45) is 8.35. The summed E-state index contributed by atoms with van der Waals surface area (Å²) < 4.78 is 0. The van der Waals surface area contributed by atoms with Crippen LogP contribution < -0.4 is 4.90 Å². The summed E-state index contributed by atoms with van der Waals surface area (Å²) in [6.45, 7) is 4.31. The topological polar surface area (TPSA) is 36.4 Å². The fraction of sp³-hybridized carbons (Fsp3) is 0.643. The van der Waals surface area contributed by atoms with E-state index >= 15 is 0 Å². The third kappa shape index (κ3) is 3.19. The van der Waals surface area contributed by atoms with Gasteiger partial charge in [-0.1, -0.05) is 19.3 Å². The Bertz CT molecular complexity index is 357. The normalized spacial score (nSPS) is 17.6. The van der Waals surface area contributed by atoms with Crippen LogP contribution in [0, 0.1) is 6.92 Å². The molecule has 0 atom stereocenters. The van der Waals surface area contributed by atoms with Crippen LogP contribution in [-0.4, -0.2) is 23.2 Å². The molecule has 0 unspecified atom stereocenters. The Balaban J connectivity index is 2.20. The zero-order valence-electron chi connectivity index (χ0n) is 10.7. The SMILES string of the molecule is Cc1cc(N2CCCCCCC2)c(CO)cn1. The van der Waals surface area contributed by atoms with Crippen molar-refractivity contribution in [2.24, 2.45) is 0 Å². The number of rotatable bonds is 2. The van der Waals surface area contributed by atoms with Crippen molar-refractivity contribution in [3.63, 3.8) is 0 Å². The molecule has 0 aliphatic carbocycles. The number of hydrogen-bond donors (Lipinski definition) is 1. The van der Waals surface area contributed by atoms with E-state index < -0.39 is 0 Å². The van der Waals surface area contributed by atoms with Crippen LogP contribution in [0.5, 0.6) is 0 Å². The first-order valence-electron chi connectivity index (χ1n) is 6.62. The third-order valence-corrected chi connectivity index (χ3v) is 3.47. The minimum atomic E-state index is 0.0825. The number of pyridine rings is 1. The van der Waals surface area contributed by atoms with Gasteiger partial charge in [0.1, 0.15) is 0 Å². The van der Waals surface area contributed by atoms with Gasteiger partial charge in [0.15, 0.2) is 0 Å². The van der Waals surface area contributed by atoms with Gasteiger partial charge in [-0.05, 0) is 25.8 Å². The van der Waals surface area contributed by atoms with Crippen molar-refractivity contribution < 1.29 is 5.11 Å². The first-order chi connectivity index (χ1) is 8.31. The molecule has 1 aromatic rings. The lowest BCUT2D eigenvalue weighted by atomic mass is 10.1. The lowest BCUT2D eigenvalue weighted by molar-refractivity contribution is 0.281. The maximum Gasteiger partial charge on any atom is 0.0717 e. The monoisotopic (exact) mass is 234 g/mol. The molecule has 94 valence electrons. The van der Waals surface area contributed by atoms with E-state index in [1.54, 1.807) is 0 Å². The van der Waals surface area contributed by atoms with E-state index in [-0.39, 0.29) is 6.61 Å². The van der Waals surface area contributed by atoms with Crippen LogP contribution in [0.25, 0.3) is 0 Å². The van der Waals surface area contributed by atoms with E-state index in [0.717, 1.165) is 24.3 Å². The summed E-state index contributed by atoms with van der Waals surface area (Å²) in [5.74, 6) is 0. The number of hydrogen-bond acceptors (Lipinski definition) is 3. The van der Waals surface area contributed by atoms with E-state index in [4.69, 9.17) is 0 Å². The number of aliphatic hydroxyl groups excluding tert-OH is 1. The molecular formula is C14H22N2O. The molecule has 0 amide bonds. The van der Waals surface area contributed by atoms with Crippen molar-refractivity contribution in [3.05, 3.63) is 23.5 Å². The summed E-state index contributed by atoms with van der Waals surface area (Å²) in [4.78, 5) is 6.68. The second-order valence-electron chi connectivity index (χ2n) is 4.87. The number of nitrogens with zero attached hydrogens (tertiary/aromatic N) is 2. The van der Waals surface area contributed by atoms with E-state index in [1.165, 1.54) is 37.8 Å². The molecule has 1 fully saturated rings. The molecule has 17 heavy (non-hydrogen) atoms. The van der Waals surface area contributed by atoms with Crippen molar-refractivity contribution >= 4 is 5.69 Å². The lowest BCUT2D eigenvalue weighted by Gasteiger charge is -2.28. The van der Waals surface area contributed by atoms with Crippen LogP contribution in [0.4, 0.5) is 5.69 Å². The number of aliphatic hydroxyl groups is 1. The van der Waals surface area contributed by atoms with Crippen LogP contribution in [0.1, 0.15) is 43.4 Å². The van der Waals surface area contributed by atoms with Crippen LogP contribution in [0.3, 0.4) is 0 Å². The van der Waals surface area contributed by atoms with Gasteiger partial charge in [-0.3, -0.25) is 4.98 Å². The lowest BCUT2D eigenvalue weighted by Crippen LogP contribution is -2.28. The zero-order chi connectivity index (χ0) is 12.1. The molecule has 0 aromatic carbocycles. The molecule has 0 spiro atoms. The van der Waals surface area contributed by atoms with Crippen molar-refractivity contribution in [2.75, 3.05) is 18.0 Å². The average molecular weight is 234 g/mol. The first kappa shape index (κ1) is 12.4. The molecule has 0 bridgehead atoms. The van der Waals surface area contributed by atoms with Gasteiger partial charge in [-0.15, -0.1) is 0 Å². The van der Waals surface area contributed by atoms with Gasteiger partial charge >= 0.3 is 0 Å². The second kappa shape index (κ2) is 6.01. The molecular weight excluding hydrogens is 212 g/mol. The predicted octanol–water partition coefficient (Wildman–Crippen LogP) is 2.65. The molecule has 1 N–H and O–H groups in total. The minimum Gasteiger partial charge on any atom is -0.392 e. The Hall–Kier alpha value is -1.09. The highest BCUT2D eigenvalue weighted by atomic mass is 16.3. The Morgan fingerprint density at radius 3 is 2.47 bits per heavy atom. The van der Waals surface area contributed by atoms with E-state index in [2.05, 4.69) is 16.0 Å². The van der Waals surface area contributed by atoms with Crippen molar-refractivity contribution in [1.82, 2.24) is 4.98 Å². The van der Waals surface area contributed by atoms with Gasteiger partial charge in [0, 0.05) is 36.2 Å². The first-order valence-corrected chi connectivity index (χ1v) is 6.62. The molecule has 1 aromatic heterocycles. The second-order valence-corrected chi connectivity index (χ2v) is 4.87. The molecule has 0 saturated carbocycles. The number of anilines is 1. The van der Waals surface area contributed by atoms with Crippen LogP contribution in [0.2, 0.25) is 0 Å². The Kier molecular flexibility index (Phi) is 4.37. The molecule has 1 saturated heterocycles. The number of aryl methyl sites for hydroxylation is 1. The van der Waals surface area contributed by atoms with Gasteiger partial charge in [0.05, 0.1) is 6.61 Å². The van der Waals surface area contributed by atoms with Gasteiger partial charge in [-0.2, -0.15) is 0 Å². The molecule has 1 aliphatic heterocycles. The maximum atomic E-state index is 9.40. The standard InChI is InChI=1S/C14H22N2O/c1-12-9-14(13(11-17)10-15-12)16-7-5-3-2-4-6-8-16/h9-10,17H,2-8,11H2,1H3. The third-order valence-electron chi connectivity index (χ3n) is 3.47. The smallest absolute Gasteiger partial charge is 0.0717 e. The van der Waals surface area contributed by atoms with Gasteiger partial charge in [0.25, 0.3) is 0 Å². The minimum absolute atomic E-state index is 0.0825. The van der Waals surface area contributed by atoms with E-state index in [9.17, 15) is 5.11 Å². The van der Waals surface area contributed by atoms with Gasteiger partial charge in [-0.25, -0.2) is 0 Å². The van der Waals surface area contributed by atoms with Crippen molar-refractivity contribution in [1.29, 1.82) is 0 Å². The quantitative estimate of drug-likeness (QED) is 0.854. The predicted molar refractivity (Wildman–Crippen MR) is 70.2 cm³/mol. The molecule has 3 nitrogen and oxygen atoms in total. The highest BCUT2D eigenvalue weighted by molar-refractivity contribution is 5.53. The highest BCUT2D eigenvalue weighted by Gasteiger charge is 2.13. The summed E-state index contributed by atoms with van der Waals surface area (Å²) in [5, 5.41) is 9.40. The molecule has 0 radical (unpaired) electrons. The summed E-state index contributed by atoms with van der Waals surface area (Å²) >= 11 is 0. The molecule has 1 aliphatic rings. The largest absolute Gasteiger partial charge is 0.392 e. The van der Waals surface area contributed by atoms with Crippen LogP contribution in [0.15, 0.2) is 12.3 Å². The van der Waals surface area contributed by atoms with Crippen LogP contribution in [-0.2, 0) is 6.61 Å². The Morgan fingerprint density at radius 2 is 1.82 bits per heavy atom. The summed E-state index contributed by atoms with van der Waals surface area (Å²) in [6, 6.07) is 2.10. The molecule has 3 heteroatoms. The van der Waals surface area contributed by atoms with Gasteiger partial charge < -0.3 is 10.0 Å². The zero-order valence-corrected chi connectivity index (χ0v) is 10.7. The van der Waals surface area contributed by atoms with E-state index in [1.807, 2.05) is 13.1 Å². The Morgan fingerprint density at radius 1 is 1.18 bits per heavy atom. The van der Waals surface area contributed by atoms with Crippen LogP contribution >= 0.6 is 0 Å². The summed E-state index contributed by atoms with van der Waals surface area (Å²) in [5.41, 5.74) is 3.16. The van der Waals surface area contributed by atoms with Crippen molar-refractivity contribution in [2.45, 2.75) is 45.6 Å². The summed E-state index contributed by atoms with van der Waals surface area (Å²) in [7, 11) is 0. The maximum absolute atomic E-state index is 9.40. The fourth-order valence-electron chi connectivity index (χ4n) is 2.48. The van der Waals surface area contributed by atoms with Gasteiger partial charge in [0.2, 0.25) is 0 Å². The number of aromatic nitrogens is 1. The average Bonchev–Trinajstić information content (AvgIpc) is 2.28. The molecule has 2 heterocycles. The van der Waals surface area contributed by atoms with Crippen molar-refractivity contribution in [3.8, 4) is 0 Å². The highest BCUT2D eigenvalue weighted by Crippen LogP contribution is 2.23. The van der Waals surface area contributed by atoms with E-state index in [0.29, 0.717) is 0 Å².